The maximum Gasteiger partial charge on any atom is 0.246 e. The number of fused-ring (bicyclic) bond motifs is 3. The van der Waals surface area contributed by atoms with E-state index in [2.05, 4.69) is 26.8 Å². The van der Waals surface area contributed by atoms with E-state index in [0.29, 0.717) is 43.2 Å². The molecule has 3 aromatic rings. The SMILES string of the molecule is C=CC(=O)N1C[C@@H]2C[C@H]1CN2c1ccc2ncnc(Nc3ccc(OC4COC4)c(Cl)c3F)c2n1. The Balaban J connectivity index is 1.27. The molecule has 180 valence electrons. The van der Waals surface area contributed by atoms with Crippen LogP contribution in [0.1, 0.15) is 6.42 Å². The van der Waals surface area contributed by atoms with E-state index >= 15 is 4.39 Å². The van der Waals surface area contributed by atoms with Gasteiger partial charge in [0.1, 0.15) is 34.5 Å². The molecule has 9 nitrogen and oxygen atoms in total. The van der Waals surface area contributed by atoms with Crippen molar-refractivity contribution in [2.24, 2.45) is 0 Å². The van der Waals surface area contributed by atoms with Crippen LogP contribution in [0.15, 0.2) is 43.2 Å². The van der Waals surface area contributed by atoms with Crippen LogP contribution in [0, 0.1) is 5.82 Å². The van der Waals surface area contributed by atoms with E-state index < -0.39 is 5.82 Å². The van der Waals surface area contributed by atoms with Crippen LogP contribution in [0.2, 0.25) is 5.02 Å². The van der Waals surface area contributed by atoms with Gasteiger partial charge in [-0.1, -0.05) is 18.2 Å². The number of hydrogen-bond acceptors (Lipinski definition) is 8. The Bertz CT molecular complexity index is 1340. The maximum absolute atomic E-state index is 15.1. The number of hydrogen-bond donors (Lipinski definition) is 1. The van der Waals surface area contributed by atoms with Crippen LogP contribution in [0.5, 0.6) is 5.75 Å². The fourth-order valence-electron chi connectivity index (χ4n) is 4.82. The number of anilines is 3. The lowest BCUT2D eigenvalue weighted by atomic mass is 10.2. The molecule has 0 saturated carbocycles. The predicted molar refractivity (Wildman–Crippen MR) is 129 cm³/mol. The summed E-state index contributed by atoms with van der Waals surface area (Å²) >= 11 is 6.23. The average molecular weight is 497 g/mol. The van der Waals surface area contributed by atoms with Crippen LogP contribution in [-0.2, 0) is 9.53 Å². The largest absolute Gasteiger partial charge is 0.484 e. The number of likely N-dealkylation sites (tertiary alicyclic amines) is 1. The van der Waals surface area contributed by atoms with Crippen LogP contribution in [0.3, 0.4) is 0 Å². The van der Waals surface area contributed by atoms with Crippen molar-refractivity contribution in [3.8, 4) is 5.75 Å². The molecule has 5 heterocycles. The number of nitrogens with one attached hydrogen (secondary N) is 1. The molecule has 3 aliphatic heterocycles. The summed E-state index contributed by atoms with van der Waals surface area (Å²) in [6.45, 7) is 5.84. The minimum Gasteiger partial charge on any atom is -0.484 e. The number of pyridine rings is 1. The van der Waals surface area contributed by atoms with E-state index in [9.17, 15) is 4.79 Å². The molecule has 0 unspecified atom stereocenters. The second kappa shape index (κ2) is 8.62. The normalized spacial score (nSPS) is 21.3. The van der Waals surface area contributed by atoms with Crippen LogP contribution in [0.25, 0.3) is 11.0 Å². The summed E-state index contributed by atoms with van der Waals surface area (Å²) in [5.74, 6) is 0.709. The molecular weight excluding hydrogens is 475 g/mol. The van der Waals surface area contributed by atoms with Gasteiger partial charge in [0, 0.05) is 13.1 Å². The molecular formula is C24H22ClFN6O3. The first-order chi connectivity index (χ1) is 17.0. The Hall–Kier alpha value is -3.50. The van der Waals surface area contributed by atoms with Crippen molar-refractivity contribution < 1.29 is 18.7 Å². The maximum atomic E-state index is 15.1. The van der Waals surface area contributed by atoms with Crippen molar-refractivity contribution in [3.63, 3.8) is 0 Å². The number of nitrogens with zero attached hydrogens (tertiary/aromatic N) is 5. The fraction of sp³-hybridized carbons (Fsp3) is 0.333. The molecule has 0 radical (unpaired) electrons. The second-order valence-corrected chi connectivity index (χ2v) is 9.17. The summed E-state index contributed by atoms with van der Waals surface area (Å²) in [5, 5.41) is 2.90. The highest BCUT2D eigenvalue weighted by Gasteiger charge is 2.45. The molecule has 2 aromatic heterocycles. The molecule has 1 N–H and O–H groups in total. The number of aromatic nitrogens is 3. The Kier molecular flexibility index (Phi) is 5.42. The van der Waals surface area contributed by atoms with E-state index in [0.717, 1.165) is 12.2 Å². The molecule has 0 spiro atoms. The highest BCUT2D eigenvalue weighted by Crippen LogP contribution is 2.37. The lowest BCUT2D eigenvalue weighted by Gasteiger charge is -2.34. The van der Waals surface area contributed by atoms with E-state index in [1.807, 2.05) is 17.0 Å². The first kappa shape index (κ1) is 22.0. The standard InChI is InChI=1S/C24H22ClFN6O3/c1-2-20(33)32-9-13-7-14(32)8-31(13)19-6-4-17-23(30-19)24(28-12-27-17)29-16-3-5-18(21(25)22(16)26)35-15-10-34-11-15/h2-6,12-15H,1,7-11H2,(H,27,28,29)/t13-,14-/m0/s1. The summed E-state index contributed by atoms with van der Waals surface area (Å²) in [5.41, 5.74) is 1.28. The van der Waals surface area contributed by atoms with Gasteiger partial charge in [-0.05, 0) is 36.8 Å². The van der Waals surface area contributed by atoms with Crippen molar-refractivity contribution in [1.29, 1.82) is 0 Å². The molecule has 1 aromatic carbocycles. The first-order valence-corrected chi connectivity index (χ1v) is 11.7. The minimum atomic E-state index is -0.642. The number of piperazine rings is 1. The third kappa shape index (κ3) is 3.82. The van der Waals surface area contributed by atoms with E-state index in [4.69, 9.17) is 26.1 Å². The Morgan fingerprint density at radius 2 is 2.09 bits per heavy atom. The van der Waals surface area contributed by atoms with Gasteiger partial charge in [-0.25, -0.2) is 19.3 Å². The van der Waals surface area contributed by atoms with Crippen LogP contribution >= 0.6 is 11.6 Å². The Morgan fingerprint density at radius 3 is 2.80 bits per heavy atom. The van der Waals surface area contributed by atoms with E-state index in [1.54, 1.807) is 12.1 Å². The molecule has 3 saturated heterocycles. The lowest BCUT2D eigenvalue weighted by molar-refractivity contribution is -0.127. The number of halogens is 2. The van der Waals surface area contributed by atoms with Crippen LogP contribution in [0.4, 0.5) is 21.7 Å². The molecule has 2 atom stereocenters. The van der Waals surface area contributed by atoms with Gasteiger partial charge in [-0.3, -0.25) is 4.79 Å². The van der Waals surface area contributed by atoms with Crippen molar-refractivity contribution in [1.82, 2.24) is 19.9 Å². The van der Waals surface area contributed by atoms with Crippen LogP contribution < -0.4 is 15.0 Å². The van der Waals surface area contributed by atoms with Gasteiger partial charge in [0.15, 0.2) is 11.6 Å². The highest BCUT2D eigenvalue weighted by molar-refractivity contribution is 6.32. The third-order valence-electron chi connectivity index (χ3n) is 6.66. The first-order valence-electron chi connectivity index (χ1n) is 11.3. The summed E-state index contributed by atoms with van der Waals surface area (Å²) in [7, 11) is 0. The molecule has 3 fully saturated rings. The number of ether oxygens (including phenoxy) is 2. The minimum absolute atomic E-state index is 0.0402. The number of benzene rings is 1. The molecule has 11 heteroatoms. The second-order valence-electron chi connectivity index (χ2n) is 8.79. The quantitative estimate of drug-likeness (QED) is 0.520. The molecule has 1 amide bonds. The molecule has 3 aliphatic rings. The summed E-state index contributed by atoms with van der Waals surface area (Å²) in [6, 6.07) is 7.26. The topological polar surface area (TPSA) is 92.7 Å². The van der Waals surface area contributed by atoms with Gasteiger partial charge < -0.3 is 24.6 Å². The van der Waals surface area contributed by atoms with Crippen molar-refractivity contribution in [2.75, 3.05) is 36.5 Å². The number of carbonyl (C=O) groups is 1. The zero-order valence-corrected chi connectivity index (χ0v) is 19.4. The molecule has 0 aliphatic carbocycles. The Labute approximate surface area is 205 Å². The smallest absolute Gasteiger partial charge is 0.246 e. The summed E-state index contributed by atoms with van der Waals surface area (Å²) in [6.07, 6.45) is 3.53. The zero-order valence-electron chi connectivity index (χ0n) is 18.7. The van der Waals surface area contributed by atoms with E-state index in [-0.39, 0.29) is 40.6 Å². The monoisotopic (exact) mass is 496 g/mol. The van der Waals surface area contributed by atoms with Gasteiger partial charge >= 0.3 is 0 Å². The van der Waals surface area contributed by atoms with Crippen molar-refractivity contribution in [3.05, 3.63) is 54.1 Å². The number of rotatable bonds is 6. The van der Waals surface area contributed by atoms with Crippen molar-refractivity contribution >= 4 is 45.9 Å². The molecule has 2 bridgehead atoms. The van der Waals surface area contributed by atoms with E-state index in [1.165, 1.54) is 12.4 Å². The number of carbonyl (C=O) groups excluding carboxylic acids is 1. The fourth-order valence-corrected chi connectivity index (χ4v) is 5.03. The van der Waals surface area contributed by atoms with Gasteiger partial charge in [-0.2, -0.15) is 0 Å². The average Bonchev–Trinajstić information content (AvgIpc) is 3.46. The van der Waals surface area contributed by atoms with Gasteiger partial charge in [0.05, 0.1) is 36.5 Å². The Morgan fingerprint density at radius 1 is 1.23 bits per heavy atom. The summed E-state index contributed by atoms with van der Waals surface area (Å²) in [4.78, 5) is 29.6. The highest BCUT2D eigenvalue weighted by atomic mass is 35.5. The third-order valence-corrected chi connectivity index (χ3v) is 7.01. The van der Waals surface area contributed by atoms with Gasteiger partial charge in [-0.15, -0.1) is 0 Å². The van der Waals surface area contributed by atoms with Crippen LogP contribution in [-0.4, -0.2) is 70.2 Å². The molecule has 35 heavy (non-hydrogen) atoms. The van der Waals surface area contributed by atoms with Crippen molar-refractivity contribution in [2.45, 2.75) is 24.6 Å². The predicted octanol–water partition coefficient (Wildman–Crippen LogP) is 3.31. The van der Waals surface area contributed by atoms with Gasteiger partial charge in [0.2, 0.25) is 5.91 Å². The lowest BCUT2D eigenvalue weighted by Crippen LogP contribution is -2.48. The summed E-state index contributed by atoms with van der Waals surface area (Å²) < 4.78 is 25.8. The number of amides is 1. The van der Waals surface area contributed by atoms with Gasteiger partial charge in [0.25, 0.3) is 0 Å². The zero-order chi connectivity index (χ0) is 24.1. The molecule has 6 rings (SSSR count).